The fraction of sp³-hybridized carbons (Fsp3) is 0.533. The van der Waals surface area contributed by atoms with Gasteiger partial charge in [0.2, 0.25) is 5.91 Å². The molecule has 118 valence electrons. The van der Waals surface area contributed by atoms with Crippen LogP contribution in [0.4, 0.5) is 11.5 Å². The Balaban J connectivity index is 1.52. The number of carbonyl (C=O) groups excluding carboxylic acids is 2. The van der Waals surface area contributed by atoms with Crippen LogP contribution >= 0.6 is 0 Å². The van der Waals surface area contributed by atoms with Gasteiger partial charge < -0.3 is 21.1 Å². The lowest BCUT2D eigenvalue weighted by molar-refractivity contribution is -0.126. The zero-order valence-corrected chi connectivity index (χ0v) is 12.2. The molecule has 2 atom stereocenters. The van der Waals surface area contributed by atoms with Gasteiger partial charge in [-0.3, -0.25) is 9.59 Å². The van der Waals surface area contributed by atoms with Crippen LogP contribution in [0.15, 0.2) is 18.3 Å². The van der Waals surface area contributed by atoms with Crippen LogP contribution in [0.1, 0.15) is 25.7 Å². The largest absolute Gasteiger partial charge is 0.364 e. The van der Waals surface area contributed by atoms with Gasteiger partial charge in [-0.2, -0.15) is 0 Å². The number of pyridine rings is 1. The molecular formula is C15H20N4O3. The molecule has 0 bridgehead atoms. The molecule has 2 heterocycles. The first-order valence-electron chi connectivity index (χ1n) is 7.59. The molecule has 1 saturated heterocycles. The zero-order chi connectivity index (χ0) is 15.5. The highest BCUT2D eigenvalue weighted by molar-refractivity contribution is 5.95. The number of ether oxygens (including phenoxy) is 1. The SMILES string of the molecule is NC[C@H]1CC[C@@H](C(=O)Nc2ccc(NC(=O)C3CC3)nc2)O1. The van der Waals surface area contributed by atoms with Gasteiger partial charge in [0.25, 0.3) is 5.91 Å². The summed E-state index contributed by atoms with van der Waals surface area (Å²) < 4.78 is 5.54. The van der Waals surface area contributed by atoms with Crippen LogP contribution < -0.4 is 16.4 Å². The number of carbonyl (C=O) groups is 2. The van der Waals surface area contributed by atoms with Crippen LogP contribution in [0.3, 0.4) is 0 Å². The van der Waals surface area contributed by atoms with Gasteiger partial charge in [0.05, 0.1) is 18.0 Å². The summed E-state index contributed by atoms with van der Waals surface area (Å²) in [6.07, 6.45) is 4.42. The summed E-state index contributed by atoms with van der Waals surface area (Å²) in [4.78, 5) is 27.8. The minimum Gasteiger partial charge on any atom is -0.364 e. The topological polar surface area (TPSA) is 106 Å². The molecule has 1 saturated carbocycles. The minimum atomic E-state index is -0.456. The lowest BCUT2D eigenvalue weighted by Crippen LogP contribution is -2.29. The van der Waals surface area contributed by atoms with Crippen molar-refractivity contribution in [1.29, 1.82) is 0 Å². The molecule has 1 aliphatic carbocycles. The fourth-order valence-corrected chi connectivity index (χ4v) is 2.41. The maximum Gasteiger partial charge on any atom is 0.253 e. The maximum absolute atomic E-state index is 12.1. The number of rotatable bonds is 5. The van der Waals surface area contributed by atoms with E-state index < -0.39 is 6.10 Å². The molecule has 4 N–H and O–H groups in total. The van der Waals surface area contributed by atoms with Crippen LogP contribution in [0.25, 0.3) is 0 Å². The standard InChI is InChI=1S/C15H20N4O3/c16-7-11-4-5-12(22-11)15(21)18-10-3-6-13(17-8-10)19-14(20)9-1-2-9/h3,6,8-9,11-12H,1-2,4-5,7,16H2,(H,18,21)(H,17,19,20)/t11-,12+/m1/s1. The summed E-state index contributed by atoms with van der Waals surface area (Å²) in [6, 6.07) is 3.39. The molecule has 0 spiro atoms. The molecule has 0 aromatic carbocycles. The maximum atomic E-state index is 12.1. The Labute approximate surface area is 128 Å². The molecule has 2 fully saturated rings. The van der Waals surface area contributed by atoms with E-state index in [1.807, 2.05) is 0 Å². The van der Waals surface area contributed by atoms with Crippen molar-refractivity contribution in [3.05, 3.63) is 18.3 Å². The number of nitrogens with zero attached hydrogens (tertiary/aromatic N) is 1. The van der Waals surface area contributed by atoms with Crippen molar-refractivity contribution in [1.82, 2.24) is 4.98 Å². The van der Waals surface area contributed by atoms with E-state index in [1.165, 1.54) is 6.20 Å². The predicted octanol–water partition coefficient (Wildman–Crippen LogP) is 0.875. The van der Waals surface area contributed by atoms with E-state index >= 15 is 0 Å². The van der Waals surface area contributed by atoms with Gasteiger partial charge in [-0.15, -0.1) is 0 Å². The third-order valence-electron chi connectivity index (χ3n) is 3.89. The van der Waals surface area contributed by atoms with Crippen molar-refractivity contribution in [2.45, 2.75) is 37.9 Å². The molecule has 2 aliphatic rings. The average molecular weight is 304 g/mol. The second kappa shape index (κ2) is 6.41. The Hall–Kier alpha value is -1.99. The number of amides is 2. The highest BCUT2D eigenvalue weighted by atomic mass is 16.5. The third-order valence-corrected chi connectivity index (χ3v) is 3.89. The molecule has 0 radical (unpaired) electrons. The molecule has 1 aromatic rings. The van der Waals surface area contributed by atoms with E-state index in [1.54, 1.807) is 12.1 Å². The van der Waals surface area contributed by atoms with Crippen LogP contribution in [-0.2, 0) is 14.3 Å². The summed E-state index contributed by atoms with van der Waals surface area (Å²) in [6.45, 7) is 0.431. The van der Waals surface area contributed by atoms with Crippen molar-refractivity contribution in [3.8, 4) is 0 Å². The summed E-state index contributed by atoms with van der Waals surface area (Å²) in [7, 11) is 0. The highest BCUT2D eigenvalue weighted by Crippen LogP contribution is 2.30. The molecular weight excluding hydrogens is 284 g/mol. The highest BCUT2D eigenvalue weighted by Gasteiger charge is 2.30. The second-order valence-corrected chi connectivity index (χ2v) is 5.74. The molecule has 0 unspecified atom stereocenters. The normalized spacial score (nSPS) is 24.0. The quantitative estimate of drug-likeness (QED) is 0.748. The summed E-state index contributed by atoms with van der Waals surface area (Å²) in [5, 5.41) is 5.52. The molecule has 7 heteroatoms. The van der Waals surface area contributed by atoms with Gasteiger partial charge in [0.1, 0.15) is 11.9 Å². The summed E-state index contributed by atoms with van der Waals surface area (Å²) in [5.41, 5.74) is 6.11. The van der Waals surface area contributed by atoms with Gasteiger partial charge >= 0.3 is 0 Å². The third kappa shape index (κ3) is 3.61. The first-order valence-corrected chi connectivity index (χ1v) is 7.59. The van der Waals surface area contributed by atoms with Gasteiger partial charge in [-0.05, 0) is 37.8 Å². The molecule has 22 heavy (non-hydrogen) atoms. The van der Waals surface area contributed by atoms with Gasteiger partial charge in [-0.25, -0.2) is 4.98 Å². The van der Waals surface area contributed by atoms with Crippen molar-refractivity contribution in [2.75, 3.05) is 17.2 Å². The van der Waals surface area contributed by atoms with Gasteiger partial charge in [0, 0.05) is 12.5 Å². The zero-order valence-electron chi connectivity index (χ0n) is 12.2. The first-order chi connectivity index (χ1) is 10.7. The van der Waals surface area contributed by atoms with Crippen LogP contribution in [0.2, 0.25) is 0 Å². The van der Waals surface area contributed by atoms with Crippen LogP contribution in [0, 0.1) is 5.92 Å². The molecule has 7 nitrogen and oxygen atoms in total. The number of anilines is 2. The Morgan fingerprint density at radius 3 is 2.59 bits per heavy atom. The van der Waals surface area contributed by atoms with E-state index in [0.29, 0.717) is 24.5 Å². The van der Waals surface area contributed by atoms with E-state index in [9.17, 15) is 9.59 Å². The number of hydrogen-bond acceptors (Lipinski definition) is 5. The number of aromatic nitrogens is 1. The summed E-state index contributed by atoms with van der Waals surface area (Å²) >= 11 is 0. The Kier molecular flexibility index (Phi) is 4.35. The molecule has 1 aliphatic heterocycles. The van der Waals surface area contributed by atoms with Crippen molar-refractivity contribution in [2.24, 2.45) is 11.7 Å². The fourth-order valence-electron chi connectivity index (χ4n) is 2.41. The monoisotopic (exact) mass is 304 g/mol. The lowest BCUT2D eigenvalue weighted by Gasteiger charge is -2.12. The van der Waals surface area contributed by atoms with E-state index in [0.717, 1.165) is 19.3 Å². The van der Waals surface area contributed by atoms with Crippen molar-refractivity contribution >= 4 is 23.3 Å². The smallest absolute Gasteiger partial charge is 0.253 e. The Morgan fingerprint density at radius 2 is 2.00 bits per heavy atom. The van der Waals surface area contributed by atoms with Gasteiger partial charge in [-0.1, -0.05) is 0 Å². The number of nitrogens with two attached hydrogens (primary N) is 1. The van der Waals surface area contributed by atoms with E-state index in [4.69, 9.17) is 10.5 Å². The van der Waals surface area contributed by atoms with Gasteiger partial charge in [0.15, 0.2) is 0 Å². The number of nitrogens with one attached hydrogen (secondary N) is 2. The predicted molar refractivity (Wildman–Crippen MR) is 81.2 cm³/mol. The molecule has 3 rings (SSSR count). The van der Waals surface area contributed by atoms with Crippen molar-refractivity contribution < 1.29 is 14.3 Å². The van der Waals surface area contributed by atoms with Crippen molar-refractivity contribution in [3.63, 3.8) is 0 Å². The van der Waals surface area contributed by atoms with Crippen LogP contribution in [-0.4, -0.2) is 35.6 Å². The number of hydrogen-bond donors (Lipinski definition) is 3. The lowest BCUT2D eigenvalue weighted by atomic mass is 10.2. The second-order valence-electron chi connectivity index (χ2n) is 5.74. The van der Waals surface area contributed by atoms with E-state index in [-0.39, 0.29) is 23.8 Å². The molecule has 2 amide bonds. The van der Waals surface area contributed by atoms with Crippen LogP contribution in [0.5, 0.6) is 0 Å². The van der Waals surface area contributed by atoms with E-state index in [2.05, 4.69) is 15.6 Å². The minimum absolute atomic E-state index is 0.0106. The average Bonchev–Trinajstić information content (AvgIpc) is 3.26. The first kappa shape index (κ1) is 14.9. The Bertz CT molecular complexity index is 556. The molecule has 1 aromatic heterocycles. The summed E-state index contributed by atoms with van der Waals surface area (Å²) in [5.74, 6) is 0.454. The Morgan fingerprint density at radius 1 is 1.18 bits per heavy atom.